The van der Waals surface area contributed by atoms with Crippen LogP contribution in [0.15, 0.2) is 97.2 Å². The quantitative estimate of drug-likeness (QED) is 0.0255. The van der Waals surface area contributed by atoms with Crippen molar-refractivity contribution < 1.29 is 24.5 Å². The van der Waals surface area contributed by atoms with Gasteiger partial charge in [-0.15, -0.1) is 0 Å². The number of phenolic OH excluding ortho intramolecular Hbond substituents is 1. The van der Waals surface area contributed by atoms with Gasteiger partial charge in [-0.2, -0.15) is 0 Å². The number of ketones is 2. The summed E-state index contributed by atoms with van der Waals surface area (Å²) < 4.78 is 5.32. The molecule has 5 atom stereocenters. The Morgan fingerprint density at radius 3 is 2.52 bits per heavy atom. The molecule has 2 aliphatic heterocycles. The number of fused-ring (bicyclic) bond motifs is 2. The molecule has 338 valence electrons. The van der Waals surface area contributed by atoms with E-state index < -0.39 is 6.79 Å². The number of phenols is 1. The van der Waals surface area contributed by atoms with Crippen LogP contribution in [0.25, 0.3) is 6.08 Å². The zero-order valence-corrected chi connectivity index (χ0v) is 37.5. The summed E-state index contributed by atoms with van der Waals surface area (Å²) in [5, 5.41) is 28.0. The average Bonchev–Trinajstić information content (AvgIpc) is 3.77. The number of Topliss-reactive ketones (excluding diaryl/α,β-unsaturated/α-hetero) is 1. The molecule has 6 N–H and O–H groups in total. The van der Waals surface area contributed by atoms with E-state index in [1.54, 1.807) is 24.4 Å². The Morgan fingerprint density at radius 2 is 1.70 bits per heavy atom. The van der Waals surface area contributed by atoms with E-state index in [0.29, 0.717) is 42.1 Å². The summed E-state index contributed by atoms with van der Waals surface area (Å²) in [7, 11) is 0. The van der Waals surface area contributed by atoms with E-state index >= 15 is 0 Å². The lowest BCUT2D eigenvalue weighted by molar-refractivity contribution is -0.124. The van der Waals surface area contributed by atoms with E-state index in [1.807, 2.05) is 12.1 Å². The molecule has 0 unspecified atom stereocenters. The number of aromatic nitrogens is 1. The Hall–Kier alpha value is -5.09. The second-order valence-electron chi connectivity index (χ2n) is 19.3. The number of nitrogens with zero attached hydrogens (tertiary/aromatic N) is 1. The van der Waals surface area contributed by atoms with E-state index in [-0.39, 0.29) is 34.9 Å². The van der Waals surface area contributed by atoms with Crippen molar-refractivity contribution in [3.8, 4) is 11.5 Å². The van der Waals surface area contributed by atoms with E-state index in [0.717, 1.165) is 86.7 Å². The normalized spacial score (nSPS) is 22.5. The number of anilines is 1. The van der Waals surface area contributed by atoms with Crippen LogP contribution in [0.1, 0.15) is 110 Å². The summed E-state index contributed by atoms with van der Waals surface area (Å²) in [6.07, 6.45) is 24.6. The third kappa shape index (κ3) is 11.8. The highest BCUT2D eigenvalue weighted by atomic mass is 16.6. The molecule has 9 nitrogen and oxygen atoms in total. The molecule has 64 heavy (non-hydrogen) atoms. The fourth-order valence-corrected chi connectivity index (χ4v) is 11.9. The van der Waals surface area contributed by atoms with Crippen LogP contribution < -0.4 is 21.1 Å². The predicted octanol–water partition coefficient (Wildman–Crippen LogP) is 8.91. The number of aliphatic hydroxyl groups excluding tert-OH is 1. The van der Waals surface area contributed by atoms with Gasteiger partial charge in [0.15, 0.2) is 24.1 Å². The number of hydrogen-bond donors (Lipinski definition) is 5. The van der Waals surface area contributed by atoms with Gasteiger partial charge in [0.2, 0.25) is 0 Å². The number of nitrogen functional groups attached to an aromatic ring is 1. The number of piperidine rings is 1. The number of allylic oxidation sites excluding steroid dienone is 1. The van der Waals surface area contributed by atoms with Crippen molar-refractivity contribution in [3.05, 3.63) is 136 Å². The van der Waals surface area contributed by atoms with Gasteiger partial charge in [-0.25, -0.2) is 4.98 Å². The Kier molecular flexibility index (Phi) is 15.4. The largest absolute Gasteiger partial charge is 0.504 e. The van der Waals surface area contributed by atoms with Gasteiger partial charge in [-0.3, -0.25) is 9.59 Å². The van der Waals surface area contributed by atoms with Crippen LogP contribution in [0.4, 0.5) is 5.82 Å². The fourth-order valence-electron chi connectivity index (χ4n) is 11.9. The van der Waals surface area contributed by atoms with Gasteiger partial charge < -0.3 is 31.3 Å². The number of benzene rings is 3. The first kappa shape index (κ1) is 45.5. The number of aliphatic hydroxyl groups is 1. The number of carbonyl (C=O) groups is 2. The van der Waals surface area contributed by atoms with E-state index in [1.165, 1.54) is 67.7 Å². The van der Waals surface area contributed by atoms with Gasteiger partial charge in [-0.1, -0.05) is 85.7 Å². The molecule has 0 radical (unpaired) electrons. The van der Waals surface area contributed by atoms with Gasteiger partial charge in [-0.05, 0) is 182 Å². The molecule has 1 saturated heterocycles. The summed E-state index contributed by atoms with van der Waals surface area (Å²) in [6, 6.07) is 25.0. The van der Waals surface area contributed by atoms with Crippen LogP contribution in [0.3, 0.4) is 0 Å². The first-order valence-electron chi connectivity index (χ1n) is 24.0. The zero-order valence-electron chi connectivity index (χ0n) is 37.5. The van der Waals surface area contributed by atoms with Gasteiger partial charge in [0.05, 0.1) is 6.42 Å². The van der Waals surface area contributed by atoms with Crippen molar-refractivity contribution in [3.63, 3.8) is 0 Å². The smallest absolute Gasteiger partial charge is 0.186 e. The highest BCUT2D eigenvalue weighted by molar-refractivity contribution is 6.06. The Morgan fingerprint density at radius 1 is 0.922 bits per heavy atom. The maximum absolute atomic E-state index is 13.4. The van der Waals surface area contributed by atoms with Crippen LogP contribution in [-0.2, 0) is 41.7 Å². The number of pyridine rings is 1. The Balaban J connectivity index is 0.891. The van der Waals surface area contributed by atoms with Crippen molar-refractivity contribution in [2.24, 2.45) is 29.1 Å². The molecule has 2 aliphatic carbocycles. The maximum atomic E-state index is 13.4. The SMILES string of the molecule is Nc1cc(CCc2cccc(CCc3ccccc3)c2)c(Cc2cc(O)c(OCO)cc2/C=C/C(=O)CC(=O)CCCC2(C[C@@H]3[C@@H]4CCNC[C@@H]4C[C@@H]4C=CCN[C@@H]34)CCCC2)cn1. The maximum Gasteiger partial charge on any atom is 0.186 e. The lowest BCUT2D eigenvalue weighted by Gasteiger charge is -2.52. The number of ether oxygens (including phenoxy) is 1. The monoisotopic (exact) mass is 865 g/mol. The topological polar surface area (TPSA) is 147 Å². The Bertz CT molecular complexity index is 2270. The molecular formula is C55H68N4O5. The fraction of sp³-hybridized carbons (Fsp3) is 0.473. The van der Waals surface area contributed by atoms with Crippen LogP contribution in [0.5, 0.6) is 11.5 Å². The molecule has 3 fully saturated rings. The lowest BCUT2D eigenvalue weighted by Crippen LogP contribution is -2.56. The second-order valence-corrected chi connectivity index (χ2v) is 19.3. The number of nitrogens with one attached hydrogen (secondary N) is 2. The molecule has 0 bridgehead atoms. The van der Waals surface area contributed by atoms with Crippen LogP contribution in [0.2, 0.25) is 0 Å². The number of carbonyl (C=O) groups excluding carboxylic acids is 2. The number of aryl methyl sites for hydroxylation is 4. The molecule has 4 aromatic rings. The summed E-state index contributed by atoms with van der Waals surface area (Å²) in [5.41, 5.74) is 13.8. The first-order valence-corrected chi connectivity index (χ1v) is 24.0. The minimum absolute atomic E-state index is 0.0208. The molecular weight excluding hydrogens is 797 g/mol. The lowest BCUT2D eigenvalue weighted by atomic mass is 9.57. The minimum atomic E-state index is -0.612. The van der Waals surface area contributed by atoms with Crippen molar-refractivity contribution in [2.75, 3.05) is 32.2 Å². The molecule has 1 aromatic heterocycles. The van der Waals surface area contributed by atoms with Gasteiger partial charge in [0.25, 0.3) is 0 Å². The predicted molar refractivity (Wildman–Crippen MR) is 255 cm³/mol. The molecule has 3 aromatic carbocycles. The number of aromatic hydroxyl groups is 1. The third-order valence-electron chi connectivity index (χ3n) is 15.0. The summed E-state index contributed by atoms with van der Waals surface area (Å²) >= 11 is 0. The van der Waals surface area contributed by atoms with Crippen molar-refractivity contribution >= 4 is 23.5 Å². The molecule has 2 saturated carbocycles. The van der Waals surface area contributed by atoms with Gasteiger partial charge >= 0.3 is 0 Å². The second kappa shape index (κ2) is 21.7. The molecule has 0 spiro atoms. The summed E-state index contributed by atoms with van der Waals surface area (Å²) in [6.45, 7) is 2.62. The van der Waals surface area contributed by atoms with Crippen molar-refractivity contribution in [1.29, 1.82) is 0 Å². The average molecular weight is 865 g/mol. The van der Waals surface area contributed by atoms with Crippen LogP contribution in [0, 0.1) is 29.1 Å². The molecule has 4 aliphatic rings. The minimum Gasteiger partial charge on any atom is -0.504 e. The van der Waals surface area contributed by atoms with Crippen LogP contribution >= 0.6 is 0 Å². The molecule has 8 rings (SSSR count). The number of nitrogens with two attached hydrogens (primary N) is 1. The molecule has 0 amide bonds. The first-order chi connectivity index (χ1) is 31.2. The highest BCUT2D eigenvalue weighted by Gasteiger charge is 2.48. The third-order valence-corrected chi connectivity index (χ3v) is 15.0. The number of rotatable bonds is 20. The standard InChI is InChI=1S/C55H68N4O5/c56-53-32-42(18-17-40-12-6-11-39(27-40)16-15-38-9-2-1-3-10-38)45(36-59-53)29-44-30-51(63)52(64-37-60)31-41(44)19-20-48(62)33-47(61)14-7-24-55(22-4-5-23-55)34-50-49-21-26-57-35-46(49)28-43-13-8-25-58-54(43)50/h1-3,6,8-13,19-20,27,30-32,36,43,46,49-50,54,57-58,60,63H,4-5,7,14-18,21-26,28-29,33-35,37H2,(H2,56,59)/b20-19+/t43-,46-,49+,50+,54+/m0/s1. The summed E-state index contributed by atoms with van der Waals surface area (Å²) in [5.74, 6) is 2.94. The van der Waals surface area contributed by atoms with E-state index in [2.05, 4.69) is 76.3 Å². The highest BCUT2D eigenvalue weighted by Crippen LogP contribution is 2.53. The van der Waals surface area contributed by atoms with Crippen LogP contribution in [-0.4, -0.2) is 59.2 Å². The number of hydrogen-bond acceptors (Lipinski definition) is 9. The molecule has 9 heteroatoms. The van der Waals surface area contributed by atoms with E-state index in [4.69, 9.17) is 10.5 Å². The van der Waals surface area contributed by atoms with Crippen molar-refractivity contribution in [2.45, 2.75) is 109 Å². The van der Waals surface area contributed by atoms with Gasteiger partial charge in [0.1, 0.15) is 11.6 Å². The molecule has 3 heterocycles. The van der Waals surface area contributed by atoms with E-state index in [9.17, 15) is 19.8 Å². The zero-order chi connectivity index (χ0) is 44.3. The Labute approximate surface area is 380 Å². The van der Waals surface area contributed by atoms with Gasteiger partial charge in [0, 0.05) is 25.2 Å². The van der Waals surface area contributed by atoms with Crippen molar-refractivity contribution in [1.82, 2.24) is 15.6 Å². The summed E-state index contributed by atoms with van der Waals surface area (Å²) in [4.78, 5) is 31.1.